The predicted molar refractivity (Wildman–Crippen MR) is 115 cm³/mol. The van der Waals surface area contributed by atoms with E-state index in [-0.39, 0.29) is 0 Å². The highest BCUT2D eigenvalue weighted by Crippen LogP contribution is 2.29. The van der Waals surface area contributed by atoms with Gasteiger partial charge < -0.3 is 10.2 Å². The molecule has 0 aliphatic carbocycles. The van der Waals surface area contributed by atoms with Gasteiger partial charge in [0.05, 0.1) is 6.54 Å². The normalized spacial score (nSPS) is 18.6. The largest absolute Gasteiger partial charge is 0.342 e. The molecule has 6 heteroatoms. The maximum absolute atomic E-state index is 12.5. The first-order valence-electron chi connectivity index (χ1n) is 10.8. The summed E-state index contributed by atoms with van der Waals surface area (Å²) in [6.45, 7) is 6.41. The molecule has 0 unspecified atom stereocenters. The number of hydrogen-bond acceptors (Lipinski definition) is 5. The first-order chi connectivity index (χ1) is 14.2. The van der Waals surface area contributed by atoms with Gasteiger partial charge >= 0.3 is 0 Å². The van der Waals surface area contributed by atoms with E-state index in [0.29, 0.717) is 18.4 Å². The Kier molecular flexibility index (Phi) is 6.39. The maximum Gasteiger partial charge on any atom is 0.236 e. The molecule has 2 aromatic heterocycles. The number of hydrogen-bond donors (Lipinski definition) is 1. The fraction of sp³-hybridized carbons (Fsp3) is 0.522. The van der Waals surface area contributed by atoms with Crippen molar-refractivity contribution < 1.29 is 4.79 Å². The lowest BCUT2D eigenvalue weighted by Crippen LogP contribution is -2.44. The Balaban J connectivity index is 1.34. The number of likely N-dealkylation sites (tertiary alicyclic amines) is 2. The van der Waals surface area contributed by atoms with Crippen LogP contribution in [0.25, 0.3) is 0 Å². The minimum absolute atomic E-state index is 0.304. The molecule has 1 amide bonds. The second-order valence-corrected chi connectivity index (χ2v) is 8.25. The van der Waals surface area contributed by atoms with E-state index in [2.05, 4.69) is 27.3 Å². The summed E-state index contributed by atoms with van der Waals surface area (Å²) < 4.78 is 0. The molecule has 2 saturated heterocycles. The van der Waals surface area contributed by atoms with Crippen LogP contribution in [0.1, 0.15) is 49.4 Å². The van der Waals surface area contributed by atoms with Crippen LogP contribution >= 0.6 is 0 Å². The van der Waals surface area contributed by atoms with Crippen molar-refractivity contribution in [3.8, 4) is 0 Å². The summed E-state index contributed by atoms with van der Waals surface area (Å²) in [6.07, 6.45) is 7.46. The number of carbonyl (C=O) groups is 1. The van der Waals surface area contributed by atoms with Crippen LogP contribution < -0.4 is 5.32 Å². The molecule has 0 radical (unpaired) electrons. The summed E-state index contributed by atoms with van der Waals surface area (Å²) in [5.74, 6) is 1.59. The van der Waals surface area contributed by atoms with E-state index in [1.54, 1.807) is 6.20 Å². The van der Waals surface area contributed by atoms with Crippen molar-refractivity contribution >= 4 is 17.4 Å². The number of nitrogens with zero attached hydrogens (tertiary/aromatic N) is 4. The van der Waals surface area contributed by atoms with Gasteiger partial charge in [-0.1, -0.05) is 6.07 Å². The molecule has 0 saturated carbocycles. The third-order valence-corrected chi connectivity index (χ3v) is 5.98. The zero-order valence-corrected chi connectivity index (χ0v) is 17.3. The van der Waals surface area contributed by atoms with Gasteiger partial charge in [0.15, 0.2) is 0 Å². The summed E-state index contributed by atoms with van der Waals surface area (Å²) in [6, 6.07) is 10.1. The number of pyridine rings is 2. The Morgan fingerprint density at radius 3 is 2.62 bits per heavy atom. The lowest BCUT2D eigenvalue weighted by molar-refractivity contribution is -0.133. The Labute approximate surface area is 173 Å². The number of aryl methyl sites for hydroxylation is 1. The Morgan fingerprint density at radius 2 is 1.90 bits per heavy atom. The highest BCUT2D eigenvalue weighted by Gasteiger charge is 2.25. The van der Waals surface area contributed by atoms with Crippen molar-refractivity contribution in [3.05, 3.63) is 47.9 Å². The van der Waals surface area contributed by atoms with Crippen LogP contribution in [-0.2, 0) is 4.79 Å². The van der Waals surface area contributed by atoms with Gasteiger partial charge in [-0.15, -0.1) is 0 Å². The molecule has 154 valence electrons. The first-order valence-corrected chi connectivity index (χ1v) is 10.8. The molecule has 0 atom stereocenters. The fourth-order valence-electron chi connectivity index (χ4n) is 4.38. The highest BCUT2D eigenvalue weighted by atomic mass is 16.2. The molecule has 1 N–H and O–H groups in total. The number of piperidine rings is 2. The number of amides is 1. The van der Waals surface area contributed by atoms with Crippen LogP contribution in [0.5, 0.6) is 0 Å². The number of carbonyl (C=O) groups excluding carboxylic acids is 1. The maximum atomic E-state index is 12.5. The molecule has 2 aromatic rings. The van der Waals surface area contributed by atoms with Crippen molar-refractivity contribution in [2.45, 2.75) is 44.9 Å². The predicted octanol–water partition coefficient (Wildman–Crippen LogP) is 3.72. The molecule has 2 fully saturated rings. The lowest BCUT2D eigenvalue weighted by atomic mass is 9.92. The zero-order valence-electron chi connectivity index (χ0n) is 17.3. The smallest absolute Gasteiger partial charge is 0.236 e. The Bertz CT molecular complexity index is 811. The van der Waals surface area contributed by atoms with Gasteiger partial charge in [-0.05, 0) is 76.4 Å². The van der Waals surface area contributed by atoms with Crippen molar-refractivity contribution in [1.29, 1.82) is 0 Å². The molecule has 4 heterocycles. The zero-order chi connectivity index (χ0) is 20.1. The molecule has 2 aliphatic heterocycles. The molecule has 0 aromatic carbocycles. The summed E-state index contributed by atoms with van der Waals surface area (Å²) in [4.78, 5) is 26.1. The van der Waals surface area contributed by atoms with Crippen molar-refractivity contribution in [2.75, 3.05) is 38.0 Å². The Morgan fingerprint density at radius 1 is 1.10 bits per heavy atom. The van der Waals surface area contributed by atoms with Crippen molar-refractivity contribution in [2.24, 2.45) is 0 Å². The Hall–Kier alpha value is -2.47. The molecular weight excluding hydrogens is 362 g/mol. The van der Waals surface area contributed by atoms with E-state index < -0.39 is 0 Å². The van der Waals surface area contributed by atoms with Gasteiger partial charge in [0.25, 0.3) is 0 Å². The lowest BCUT2D eigenvalue weighted by Gasteiger charge is -2.34. The molecular formula is C23H31N5O. The second-order valence-electron chi connectivity index (χ2n) is 8.25. The van der Waals surface area contributed by atoms with Crippen LogP contribution in [0.15, 0.2) is 36.5 Å². The van der Waals surface area contributed by atoms with Gasteiger partial charge in [0.2, 0.25) is 5.91 Å². The van der Waals surface area contributed by atoms with Gasteiger partial charge in [-0.3, -0.25) is 14.7 Å². The van der Waals surface area contributed by atoms with E-state index in [1.807, 2.05) is 30.0 Å². The van der Waals surface area contributed by atoms with Crippen LogP contribution in [-0.4, -0.2) is 58.4 Å². The summed E-state index contributed by atoms with van der Waals surface area (Å²) in [7, 11) is 0. The van der Waals surface area contributed by atoms with E-state index in [0.717, 1.165) is 74.8 Å². The van der Waals surface area contributed by atoms with E-state index in [4.69, 9.17) is 4.98 Å². The minimum Gasteiger partial charge on any atom is -0.342 e. The van der Waals surface area contributed by atoms with Crippen molar-refractivity contribution in [3.63, 3.8) is 0 Å². The first kappa shape index (κ1) is 19.8. The molecule has 0 spiro atoms. The molecule has 4 rings (SSSR count). The molecule has 2 aliphatic rings. The van der Waals surface area contributed by atoms with E-state index in [1.165, 1.54) is 6.42 Å². The number of aromatic nitrogens is 2. The van der Waals surface area contributed by atoms with Crippen LogP contribution in [0.2, 0.25) is 0 Å². The van der Waals surface area contributed by atoms with E-state index in [9.17, 15) is 4.79 Å². The average molecular weight is 394 g/mol. The van der Waals surface area contributed by atoms with Crippen LogP contribution in [0.3, 0.4) is 0 Å². The van der Waals surface area contributed by atoms with Gasteiger partial charge in [-0.2, -0.15) is 0 Å². The third kappa shape index (κ3) is 5.32. The minimum atomic E-state index is 0.304. The summed E-state index contributed by atoms with van der Waals surface area (Å²) >= 11 is 0. The summed E-state index contributed by atoms with van der Waals surface area (Å²) in [5.41, 5.74) is 3.20. The quantitative estimate of drug-likeness (QED) is 0.839. The van der Waals surface area contributed by atoms with Crippen molar-refractivity contribution in [1.82, 2.24) is 19.8 Å². The molecule has 29 heavy (non-hydrogen) atoms. The highest BCUT2D eigenvalue weighted by molar-refractivity contribution is 5.78. The molecule has 6 nitrogen and oxygen atoms in total. The number of rotatable bonds is 5. The SMILES string of the molecule is Cc1cc(Nc2ccccn2)cc(C2CCN(CC(=O)N3CCCCC3)CC2)n1. The second kappa shape index (κ2) is 9.35. The third-order valence-electron chi connectivity index (χ3n) is 5.98. The van der Waals surface area contributed by atoms with Crippen LogP contribution in [0.4, 0.5) is 11.5 Å². The number of anilines is 2. The fourth-order valence-corrected chi connectivity index (χ4v) is 4.38. The molecule has 0 bridgehead atoms. The average Bonchev–Trinajstić information content (AvgIpc) is 2.75. The number of nitrogens with one attached hydrogen (secondary N) is 1. The van der Waals surface area contributed by atoms with Gasteiger partial charge in [-0.25, -0.2) is 4.98 Å². The monoisotopic (exact) mass is 393 g/mol. The topological polar surface area (TPSA) is 61.4 Å². The summed E-state index contributed by atoms with van der Waals surface area (Å²) in [5, 5.41) is 3.38. The van der Waals surface area contributed by atoms with Gasteiger partial charge in [0, 0.05) is 42.3 Å². The van der Waals surface area contributed by atoms with Gasteiger partial charge in [0.1, 0.15) is 5.82 Å². The van der Waals surface area contributed by atoms with E-state index >= 15 is 0 Å². The van der Waals surface area contributed by atoms with Crippen LogP contribution in [0, 0.1) is 6.92 Å². The standard InChI is InChI=1S/C23H31N5O/c1-18-15-20(26-22-7-3-4-10-24-22)16-21(25-18)19-8-13-27(14-9-19)17-23(29)28-11-5-2-6-12-28/h3-4,7,10,15-16,19H,2,5-6,8-9,11-14,17H2,1H3,(H,24,25,26).